The van der Waals surface area contributed by atoms with Gasteiger partial charge < -0.3 is 4.74 Å². The molecule has 2 rings (SSSR count). The van der Waals surface area contributed by atoms with Gasteiger partial charge in [0.2, 0.25) is 0 Å². The molecule has 0 aromatic heterocycles. The molecular weight excluding hydrogens is 200 g/mol. The van der Waals surface area contributed by atoms with Crippen LogP contribution in [0.15, 0.2) is 36.9 Å². The van der Waals surface area contributed by atoms with Crippen LogP contribution in [0.2, 0.25) is 0 Å². The van der Waals surface area contributed by atoms with Crippen molar-refractivity contribution in [2.45, 2.75) is 31.8 Å². The molecule has 0 aliphatic heterocycles. The van der Waals surface area contributed by atoms with Crippen LogP contribution in [-0.2, 0) is 11.2 Å². The lowest BCUT2D eigenvalue weighted by atomic mass is 10.1. The van der Waals surface area contributed by atoms with Crippen LogP contribution in [-0.4, -0.2) is 11.9 Å². The Bertz CT molecular complexity index is 395. The zero-order valence-electron chi connectivity index (χ0n) is 9.32. The van der Waals surface area contributed by atoms with Gasteiger partial charge in [0.25, 0.3) is 0 Å². The predicted molar refractivity (Wildman–Crippen MR) is 63.6 cm³/mol. The molecule has 2 nitrogen and oxygen atoms in total. The summed E-state index contributed by atoms with van der Waals surface area (Å²) in [6.07, 6.45) is 4.80. The van der Waals surface area contributed by atoms with Gasteiger partial charge in [-0.3, -0.25) is 4.79 Å². The number of rotatable bonds is 4. The topological polar surface area (TPSA) is 26.3 Å². The highest BCUT2D eigenvalue weighted by atomic mass is 16.5. The molecule has 1 unspecified atom stereocenters. The maximum Gasteiger partial charge on any atom is 0.136 e. The summed E-state index contributed by atoms with van der Waals surface area (Å²) in [7, 11) is 0. The van der Waals surface area contributed by atoms with Gasteiger partial charge in [-0.2, -0.15) is 0 Å². The quantitative estimate of drug-likeness (QED) is 0.723. The van der Waals surface area contributed by atoms with Gasteiger partial charge in [-0.15, -0.1) is 6.58 Å². The Labute approximate surface area is 95.9 Å². The second-order valence-corrected chi connectivity index (χ2v) is 4.12. The highest BCUT2D eigenvalue weighted by molar-refractivity contribution is 5.81. The lowest BCUT2D eigenvalue weighted by Gasteiger charge is -2.15. The number of carbonyl (C=O) groups is 1. The van der Waals surface area contributed by atoms with Crippen LogP contribution in [0.25, 0.3) is 0 Å². The fourth-order valence-electron chi connectivity index (χ4n) is 2.00. The smallest absolute Gasteiger partial charge is 0.136 e. The number of carbonyl (C=O) groups excluding carboxylic acids is 1. The molecule has 0 spiro atoms. The third kappa shape index (κ3) is 2.51. The van der Waals surface area contributed by atoms with E-state index in [2.05, 4.69) is 6.58 Å². The van der Waals surface area contributed by atoms with Crippen LogP contribution < -0.4 is 4.74 Å². The van der Waals surface area contributed by atoms with E-state index in [9.17, 15) is 4.79 Å². The third-order valence-electron chi connectivity index (χ3n) is 2.83. The zero-order valence-corrected chi connectivity index (χ0v) is 9.32. The molecular formula is C14H16O2. The van der Waals surface area contributed by atoms with E-state index in [0.29, 0.717) is 18.6 Å². The Balaban J connectivity index is 2.08. The van der Waals surface area contributed by atoms with Crippen molar-refractivity contribution < 1.29 is 9.53 Å². The third-order valence-corrected chi connectivity index (χ3v) is 2.83. The first-order chi connectivity index (χ1) is 7.79. The summed E-state index contributed by atoms with van der Waals surface area (Å²) in [6, 6.07) is 7.94. The zero-order chi connectivity index (χ0) is 11.4. The van der Waals surface area contributed by atoms with E-state index in [1.165, 1.54) is 0 Å². The van der Waals surface area contributed by atoms with Crippen LogP contribution in [0.5, 0.6) is 5.75 Å². The van der Waals surface area contributed by atoms with Crippen LogP contribution >= 0.6 is 0 Å². The number of benzene rings is 1. The second kappa shape index (κ2) is 4.97. The predicted octanol–water partition coefficient (Wildman–Crippen LogP) is 2.92. The monoisotopic (exact) mass is 216 g/mol. The van der Waals surface area contributed by atoms with E-state index < -0.39 is 0 Å². The number of Topliss-reactive ketones (excluding diaryl/α,β-unsaturated/α-hetero) is 1. The second-order valence-electron chi connectivity index (χ2n) is 4.12. The average molecular weight is 216 g/mol. The van der Waals surface area contributed by atoms with Crippen molar-refractivity contribution in [1.29, 1.82) is 0 Å². The van der Waals surface area contributed by atoms with Gasteiger partial charge in [0.05, 0.1) is 0 Å². The largest absolute Gasteiger partial charge is 0.490 e. The number of ketones is 1. The van der Waals surface area contributed by atoms with Crippen molar-refractivity contribution in [1.82, 2.24) is 0 Å². The molecule has 84 valence electrons. The van der Waals surface area contributed by atoms with Gasteiger partial charge in [0.1, 0.15) is 17.6 Å². The average Bonchev–Trinajstić information content (AvgIpc) is 2.67. The van der Waals surface area contributed by atoms with Crippen molar-refractivity contribution >= 4 is 5.78 Å². The first-order valence-corrected chi connectivity index (χ1v) is 5.66. The molecule has 0 bridgehead atoms. The molecule has 1 aliphatic carbocycles. The molecule has 1 saturated carbocycles. The standard InChI is InChI=1S/C14H16O2/c1-2-5-11-6-3-4-7-14(11)16-13-9-8-12(15)10-13/h2-4,6-7,13H,1,5,8-10H2. The highest BCUT2D eigenvalue weighted by Gasteiger charge is 2.23. The summed E-state index contributed by atoms with van der Waals surface area (Å²) >= 11 is 0. The van der Waals surface area contributed by atoms with Crippen molar-refractivity contribution in [2.75, 3.05) is 0 Å². The summed E-state index contributed by atoms with van der Waals surface area (Å²) in [5.41, 5.74) is 1.14. The lowest BCUT2D eigenvalue weighted by Crippen LogP contribution is -2.13. The number of para-hydroxylation sites is 1. The van der Waals surface area contributed by atoms with Crippen molar-refractivity contribution in [3.05, 3.63) is 42.5 Å². The number of ether oxygens (including phenoxy) is 1. The Morgan fingerprint density at radius 2 is 2.25 bits per heavy atom. The summed E-state index contributed by atoms with van der Waals surface area (Å²) in [6.45, 7) is 3.73. The van der Waals surface area contributed by atoms with Crippen molar-refractivity contribution in [3.63, 3.8) is 0 Å². The molecule has 1 atom stereocenters. The fourth-order valence-corrected chi connectivity index (χ4v) is 2.00. The Hall–Kier alpha value is -1.57. The first kappa shape index (κ1) is 10.9. The van der Waals surface area contributed by atoms with Gasteiger partial charge in [-0.25, -0.2) is 0 Å². The molecule has 0 N–H and O–H groups in total. The summed E-state index contributed by atoms with van der Waals surface area (Å²) in [4.78, 5) is 11.2. The van der Waals surface area contributed by atoms with E-state index in [1.54, 1.807) is 0 Å². The number of allylic oxidation sites excluding steroid dienone is 1. The number of hydrogen-bond acceptors (Lipinski definition) is 2. The summed E-state index contributed by atoms with van der Waals surface area (Å²) in [5, 5.41) is 0. The molecule has 1 fully saturated rings. The van der Waals surface area contributed by atoms with Crippen molar-refractivity contribution in [2.24, 2.45) is 0 Å². The SMILES string of the molecule is C=CCc1ccccc1OC1CCC(=O)C1. The Morgan fingerprint density at radius 1 is 1.44 bits per heavy atom. The molecule has 16 heavy (non-hydrogen) atoms. The maximum atomic E-state index is 11.2. The first-order valence-electron chi connectivity index (χ1n) is 5.66. The summed E-state index contributed by atoms with van der Waals surface area (Å²) in [5.74, 6) is 1.20. The minimum Gasteiger partial charge on any atom is -0.490 e. The maximum absolute atomic E-state index is 11.2. The highest BCUT2D eigenvalue weighted by Crippen LogP contribution is 2.25. The molecule has 1 aromatic carbocycles. The summed E-state index contributed by atoms with van der Waals surface area (Å²) < 4.78 is 5.86. The fraction of sp³-hybridized carbons (Fsp3) is 0.357. The van der Waals surface area contributed by atoms with E-state index in [0.717, 1.165) is 24.2 Å². The van der Waals surface area contributed by atoms with E-state index in [-0.39, 0.29) is 6.10 Å². The molecule has 2 heteroatoms. The number of hydrogen-bond donors (Lipinski definition) is 0. The Kier molecular flexibility index (Phi) is 3.40. The van der Waals surface area contributed by atoms with Crippen molar-refractivity contribution in [3.8, 4) is 5.75 Å². The Morgan fingerprint density at radius 3 is 2.94 bits per heavy atom. The van der Waals surface area contributed by atoms with Gasteiger partial charge in [-0.1, -0.05) is 24.3 Å². The van der Waals surface area contributed by atoms with E-state index in [4.69, 9.17) is 4.74 Å². The molecule has 1 aromatic rings. The van der Waals surface area contributed by atoms with Crippen LogP contribution in [0, 0.1) is 0 Å². The normalized spacial score (nSPS) is 19.8. The van der Waals surface area contributed by atoms with Gasteiger partial charge in [-0.05, 0) is 24.5 Å². The minimum absolute atomic E-state index is 0.0680. The molecule has 0 saturated heterocycles. The molecule has 1 aliphatic rings. The molecule has 0 amide bonds. The van der Waals surface area contributed by atoms with Gasteiger partial charge in [0.15, 0.2) is 0 Å². The minimum atomic E-state index is 0.0680. The van der Waals surface area contributed by atoms with Crippen LogP contribution in [0.4, 0.5) is 0 Å². The molecule has 0 radical (unpaired) electrons. The van der Waals surface area contributed by atoms with Gasteiger partial charge in [0, 0.05) is 12.8 Å². The van der Waals surface area contributed by atoms with E-state index in [1.807, 2.05) is 30.3 Å². The van der Waals surface area contributed by atoms with Gasteiger partial charge >= 0.3 is 0 Å². The molecule has 0 heterocycles. The van der Waals surface area contributed by atoms with E-state index >= 15 is 0 Å². The van der Waals surface area contributed by atoms with Crippen LogP contribution in [0.1, 0.15) is 24.8 Å². The van der Waals surface area contributed by atoms with Crippen LogP contribution in [0.3, 0.4) is 0 Å². The lowest BCUT2D eigenvalue weighted by molar-refractivity contribution is -0.117.